The first kappa shape index (κ1) is 93.5. The number of hydrogen-bond acceptors (Lipinski definition) is 20. The van der Waals surface area contributed by atoms with Crippen LogP contribution in [0.25, 0.3) is 22.3 Å². The van der Waals surface area contributed by atoms with Gasteiger partial charge in [-0.05, 0) is 182 Å². The lowest BCUT2D eigenvalue weighted by molar-refractivity contribution is -0.190. The summed E-state index contributed by atoms with van der Waals surface area (Å²) in [7, 11) is 9.97. The SMILES string of the molecule is C=CCOC(=O)Nc1ccc(NC(=O)c2cc(-c3ccc(NC(=O)c4cc(NC(=O)CCCOc5cc6c(cc5OC)C(=O)N5c7ccccc7C[C@H]5C(OC5CCCCO5)N6C(=O)OCC=C)cn4C)cc3)cn2C)cc1.COc1cc2c(cc1OCCCC(=O)Nc1cc(C(=O)Nc3ccc(-c4cc(C(=O)Nc5ccc(N)cc5)n(C)c4)cc3)n(C)c1)N=C[C@@H]1Cc3ccccc3N1C2=O. The minimum absolute atomic E-state index is 0.0545. The average molecular weight is 1850 g/mol. The molecule has 9 heterocycles. The van der Waals surface area contributed by atoms with Gasteiger partial charge in [-0.25, -0.2) is 14.5 Å². The van der Waals surface area contributed by atoms with E-state index in [1.165, 1.54) is 31.3 Å². The molecule has 0 spiro atoms. The number of carbonyl (C=O) groups is 10. The molecule has 5 aliphatic rings. The molecule has 5 aliphatic heterocycles. The highest BCUT2D eigenvalue weighted by Gasteiger charge is 2.50. The number of hydrogen-bond donors (Lipinski definition) is 8. The van der Waals surface area contributed by atoms with E-state index in [0.29, 0.717) is 129 Å². The number of amides is 10. The Morgan fingerprint density at radius 1 is 0.467 bits per heavy atom. The predicted molar refractivity (Wildman–Crippen MR) is 522 cm³/mol. The van der Waals surface area contributed by atoms with Gasteiger partial charge in [0.05, 0.1) is 73.4 Å². The normalized spacial score (nSPS) is 15.3. The smallest absolute Gasteiger partial charge is 0.416 e. The van der Waals surface area contributed by atoms with Crippen molar-refractivity contribution in [2.45, 2.75) is 82.4 Å². The lowest BCUT2D eigenvalue weighted by Gasteiger charge is -2.38. The van der Waals surface area contributed by atoms with Gasteiger partial charge in [-0.1, -0.05) is 86.0 Å². The van der Waals surface area contributed by atoms with Crippen LogP contribution in [0, 0.1) is 0 Å². The van der Waals surface area contributed by atoms with E-state index in [4.69, 9.17) is 43.6 Å². The molecule has 34 nitrogen and oxygen atoms in total. The number of nitrogen functional groups attached to an aromatic ring is 1. The van der Waals surface area contributed by atoms with E-state index in [-0.39, 0.29) is 116 Å². The molecule has 1 saturated heterocycles. The van der Waals surface area contributed by atoms with E-state index in [9.17, 15) is 47.9 Å². The summed E-state index contributed by atoms with van der Waals surface area (Å²) in [6.07, 6.45) is 13.1. The first-order valence-electron chi connectivity index (χ1n) is 44.5. The first-order valence-corrected chi connectivity index (χ1v) is 44.5. The predicted octanol–water partition coefficient (Wildman–Crippen LogP) is 16.9. The molecule has 702 valence electrons. The molecule has 10 amide bonds. The van der Waals surface area contributed by atoms with Crippen LogP contribution < -0.4 is 76.6 Å². The number of aryl methyl sites for hydroxylation is 4. The van der Waals surface area contributed by atoms with Crippen molar-refractivity contribution in [1.82, 2.24) is 18.3 Å². The van der Waals surface area contributed by atoms with Gasteiger partial charge in [0.15, 0.2) is 35.5 Å². The Morgan fingerprint density at radius 3 is 1.43 bits per heavy atom. The van der Waals surface area contributed by atoms with E-state index >= 15 is 0 Å². The zero-order chi connectivity index (χ0) is 96.1. The molecule has 137 heavy (non-hydrogen) atoms. The Bertz CT molecular complexity index is 6650. The van der Waals surface area contributed by atoms with Crippen molar-refractivity contribution in [2.75, 3.05) is 105 Å². The van der Waals surface area contributed by atoms with Crippen LogP contribution in [0.1, 0.15) is 119 Å². The Hall–Kier alpha value is -16.8. The van der Waals surface area contributed by atoms with Crippen molar-refractivity contribution >= 4 is 134 Å². The second kappa shape index (κ2) is 42.0. The van der Waals surface area contributed by atoms with Gasteiger partial charge in [-0.2, -0.15) is 0 Å². The maximum absolute atomic E-state index is 14.7. The van der Waals surface area contributed by atoms with E-state index in [0.717, 1.165) is 51.9 Å². The number of methoxy groups -OCH3 is 2. The third-order valence-electron chi connectivity index (χ3n) is 23.6. The number of benzene rings is 8. The lowest BCUT2D eigenvalue weighted by Crippen LogP contribution is -2.55. The number of nitrogens with zero attached hydrogens (tertiary/aromatic N) is 8. The number of ether oxygens (including phenoxy) is 8. The van der Waals surface area contributed by atoms with Crippen LogP contribution in [0.2, 0.25) is 0 Å². The molecule has 0 saturated carbocycles. The minimum Gasteiger partial charge on any atom is -0.493 e. The number of nitrogens with one attached hydrogen (secondary N) is 7. The van der Waals surface area contributed by atoms with Gasteiger partial charge < -0.3 is 98.7 Å². The van der Waals surface area contributed by atoms with Crippen molar-refractivity contribution in [3.63, 3.8) is 0 Å². The Morgan fingerprint density at radius 2 is 0.920 bits per heavy atom. The monoisotopic (exact) mass is 1850 g/mol. The van der Waals surface area contributed by atoms with Crippen molar-refractivity contribution in [1.29, 1.82) is 0 Å². The number of para-hydroxylation sites is 2. The van der Waals surface area contributed by atoms with Gasteiger partial charge in [0.1, 0.15) is 36.0 Å². The fourth-order valence-electron chi connectivity index (χ4n) is 16.9. The maximum atomic E-state index is 14.7. The molecule has 4 aromatic heterocycles. The van der Waals surface area contributed by atoms with E-state index in [1.807, 2.05) is 85.2 Å². The summed E-state index contributed by atoms with van der Waals surface area (Å²) in [6.45, 7) is 7.99. The number of carbonyl (C=O) groups excluding carboxylic acids is 10. The second-order valence-electron chi connectivity index (χ2n) is 33.1. The Kier molecular flexibility index (Phi) is 28.7. The number of aliphatic imine (C=N–C) groups is 1. The third-order valence-corrected chi connectivity index (χ3v) is 23.6. The number of aromatic nitrogens is 4. The summed E-state index contributed by atoms with van der Waals surface area (Å²) in [5.74, 6) is -1.10. The van der Waals surface area contributed by atoms with E-state index in [1.54, 1.807) is 196 Å². The van der Waals surface area contributed by atoms with Crippen LogP contribution in [0.15, 0.2) is 249 Å². The largest absolute Gasteiger partial charge is 0.493 e. The molecule has 8 aromatic carbocycles. The van der Waals surface area contributed by atoms with Crippen LogP contribution in [0.4, 0.5) is 77.8 Å². The van der Waals surface area contributed by atoms with Gasteiger partial charge in [0, 0.05) is 154 Å². The molecular formula is C103H102N16O18. The maximum Gasteiger partial charge on any atom is 0.416 e. The van der Waals surface area contributed by atoms with E-state index in [2.05, 4.69) is 55.4 Å². The fourth-order valence-corrected chi connectivity index (χ4v) is 16.9. The molecular weight excluding hydrogens is 1750 g/mol. The highest BCUT2D eigenvalue weighted by Crippen LogP contribution is 2.47. The van der Waals surface area contributed by atoms with E-state index < -0.39 is 36.7 Å². The van der Waals surface area contributed by atoms with Gasteiger partial charge in [0.25, 0.3) is 35.4 Å². The summed E-state index contributed by atoms with van der Waals surface area (Å²) in [5, 5.41) is 19.9. The number of rotatable bonds is 31. The summed E-state index contributed by atoms with van der Waals surface area (Å²) in [6, 6.07) is 56.0. The van der Waals surface area contributed by atoms with Crippen LogP contribution in [-0.2, 0) is 69.6 Å². The molecule has 0 bridgehead atoms. The molecule has 0 radical (unpaired) electrons. The molecule has 17 rings (SSSR count). The zero-order valence-electron chi connectivity index (χ0n) is 76.1. The number of nitrogens with two attached hydrogens (primary N) is 1. The van der Waals surface area contributed by atoms with Crippen molar-refractivity contribution in [3.8, 4) is 45.3 Å². The molecule has 0 aliphatic carbocycles. The molecule has 2 unspecified atom stereocenters. The van der Waals surface area contributed by atoms with Gasteiger partial charge in [-0.15, -0.1) is 0 Å². The number of fused-ring (bicyclic) bond motifs is 8. The lowest BCUT2D eigenvalue weighted by atomic mass is 10.1. The summed E-state index contributed by atoms with van der Waals surface area (Å²) in [4.78, 5) is 143. The van der Waals surface area contributed by atoms with Crippen LogP contribution >= 0.6 is 0 Å². The molecule has 34 heteroatoms. The second-order valence-corrected chi connectivity index (χ2v) is 33.1. The van der Waals surface area contributed by atoms with Gasteiger partial charge >= 0.3 is 12.2 Å². The summed E-state index contributed by atoms with van der Waals surface area (Å²) >= 11 is 0. The van der Waals surface area contributed by atoms with Crippen molar-refractivity contribution < 1.29 is 85.8 Å². The van der Waals surface area contributed by atoms with Crippen LogP contribution in [0.5, 0.6) is 23.0 Å². The summed E-state index contributed by atoms with van der Waals surface area (Å²) in [5.41, 5.74) is 19.8. The van der Waals surface area contributed by atoms with Gasteiger partial charge in [-0.3, -0.25) is 53.6 Å². The van der Waals surface area contributed by atoms with Crippen LogP contribution in [0.3, 0.4) is 0 Å². The van der Waals surface area contributed by atoms with Crippen molar-refractivity contribution in [3.05, 3.63) is 289 Å². The minimum atomic E-state index is -1.02. The van der Waals surface area contributed by atoms with Crippen molar-refractivity contribution in [2.24, 2.45) is 33.2 Å². The average Bonchev–Trinajstić information content (AvgIpc) is 1.57. The summed E-state index contributed by atoms with van der Waals surface area (Å²) < 4.78 is 53.6. The first-order chi connectivity index (χ1) is 66.3. The fraction of sp³-hybridized carbons (Fsp3) is 0.233. The zero-order valence-corrected chi connectivity index (χ0v) is 76.1. The number of anilines is 11. The standard InChI is InChI=1S/C58H60N8O12.C45H42N8O6/c1-6-25-76-57(71)62-41-23-21-40(22-24-41)61-53(68)46-30-38(34-63(46)3)36-17-19-39(20-18-36)60-54(69)47-31-42(35-64(47)4)59-51(67)15-12-28-74-50-33-45-43(32-49(50)73-5)55(70)65-44-14-9-8-13-37(44)29-48(65)56(66(45)58(72)77-26-7-2)78-52-16-10-11-27-75-52;1-51-25-29(20-38(51)43(55)50-32-16-12-30(46)13-17-32)27-10-14-31(15-11-27)49-44(56)39-21-33(26-52(39)2)48-42(54)9-6-18-59-41-23-36-35(22-40(41)58-3)45(57)53-34(24-47-36)19-28-7-4-5-8-37(28)53/h6-9,13-14,17-24,30-35,48,52,56H,1-2,10-12,15-16,25-29H2,3-5H3,(H,59,67)(H,60,69)(H,61,68)(H,62,71);4-5,7-8,10-17,20-26,34H,6,9,18-19,46H2,1-3H3,(H,48,54)(H,49,56)(H,50,55)/t48-,52?,56?;34-/m00/s1. The molecule has 1 fully saturated rings. The molecule has 12 aromatic rings. The third kappa shape index (κ3) is 21.5. The Labute approximate surface area is 788 Å². The quantitative estimate of drug-likeness (QED) is 0.0114. The Balaban J connectivity index is 0.000000206. The highest BCUT2D eigenvalue weighted by atomic mass is 16.7. The molecule has 9 N–H and O–H groups in total. The van der Waals surface area contributed by atoms with Gasteiger partial charge in [0.2, 0.25) is 11.8 Å². The molecule has 4 atom stereocenters. The van der Waals surface area contributed by atoms with Crippen LogP contribution in [-0.4, -0.2) is 156 Å². The highest BCUT2D eigenvalue weighted by molar-refractivity contribution is 6.17. The topological polar surface area (TPSA) is 397 Å².